The van der Waals surface area contributed by atoms with Gasteiger partial charge in [0.05, 0.1) is 17.4 Å². The summed E-state index contributed by atoms with van der Waals surface area (Å²) in [5, 5.41) is 15.8. The highest BCUT2D eigenvalue weighted by atomic mass is 16.5. The van der Waals surface area contributed by atoms with E-state index in [0.29, 0.717) is 12.0 Å². The molecule has 0 aliphatic carbocycles. The van der Waals surface area contributed by atoms with Crippen molar-refractivity contribution in [2.24, 2.45) is 5.92 Å². The van der Waals surface area contributed by atoms with Crippen molar-refractivity contribution >= 4 is 22.7 Å². The Morgan fingerprint density at radius 2 is 2.41 bits per heavy atom. The zero-order valence-electron chi connectivity index (χ0n) is 15.9. The van der Waals surface area contributed by atoms with Crippen molar-refractivity contribution in [2.45, 2.75) is 51.4 Å². The summed E-state index contributed by atoms with van der Waals surface area (Å²) in [6.45, 7) is 5.16. The van der Waals surface area contributed by atoms with Gasteiger partial charge in [0.2, 0.25) is 0 Å². The quantitative estimate of drug-likeness (QED) is 0.686. The highest BCUT2D eigenvalue weighted by Crippen LogP contribution is 2.23. The van der Waals surface area contributed by atoms with E-state index < -0.39 is 0 Å². The first-order valence-electron chi connectivity index (χ1n) is 10.00. The highest BCUT2D eigenvalue weighted by molar-refractivity contribution is 6.08. The molecule has 2 aliphatic rings. The predicted molar refractivity (Wildman–Crippen MR) is 109 cm³/mol. The fourth-order valence-corrected chi connectivity index (χ4v) is 4.10. The molecule has 2 aromatic heterocycles. The SMILES string of the molecule is C[C@H]1C[C@H](Cn2ccc3cc(/C(C=N)=C/NC4CCCCO4)ncc32)CN1. The standard InChI is InChI=1S/C21H29N5O/c1-15-8-16(11-23-15)14-26-6-5-17-9-19(24-13-20(17)26)18(10-22)12-25-21-4-2-3-7-27-21/h5-6,9-10,12-13,15-16,21-23,25H,2-4,7-8,11,14H2,1H3/b18-12+,22-10?/t15-,16-,21?/m0/s1. The van der Waals surface area contributed by atoms with Crippen molar-refractivity contribution in [2.75, 3.05) is 13.2 Å². The molecule has 27 heavy (non-hydrogen) atoms. The van der Waals surface area contributed by atoms with E-state index in [2.05, 4.69) is 45.4 Å². The molecule has 6 heteroatoms. The highest BCUT2D eigenvalue weighted by Gasteiger charge is 2.21. The number of hydrogen-bond donors (Lipinski definition) is 3. The van der Waals surface area contributed by atoms with E-state index in [4.69, 9.17) is 10.1 Å². The molecule has 3 N–H and O–H groups in total. The number of ether oxygens (including phenoxy) is 1. The Bertz CT molecular complexity index is 821. The lowest BCUT2D eigenvalue weighted by atomic mass is 10.1. The summed E-state index contributed by atoms with van der Waals surface area (Å²) in [4.78, 5) is 4.63. The molecule has 0 amide bonds. The topological polar surface area (TPSA) is 75.0 Å². The second-order valence-corrected chi connectivity index (χ2v) is 7.77. The fraction of sp³-hybridized carbons (Fsp3) is 0.524. The van der Waals surface area contributed by atoms with Crippen molar-refractivity contribution in [3.63, 3.8) is 0 Å². The number of hydrogen-bond acceptors (Lipinski definition) is 5. The van der Waals surface area contributed by atoms with Gasteiger partial charge in [-0.25, -0.2) is 0 Å². The van der Waals surface area contributed by atoms with Crippen LogP contribution < -0.4 is 10.6 Å². The van der Waals surface area contributed by atoms with Crippen molar-refractivity contribution in [1.82, 2.24) is 20.2 Å². The summed E-state index contributed by atoms with van der Waals surface area (Å²) in [6, 6.07) is 4.83. The molecule has 0 aromatic carbocycles. The summed E-state index contributed by atoms with van der Waals surface area (Å²) < 4.78 is 8.00. The van der Waals surface area contributed by atoms with Crippen LogP contribution >= 0.6 is 0 Å². The molecule has 4 rings (SSSR count). The lowest BCUT2D eigenvalue weighted by Crippen LogP contribution is -2.31. The van der Waals surface area contributed by atoms with Gasteiger partial charge in [-0.15, -0.1) is 0 Å². The molecular formula is C21H29N5O. The zero-order chi connectivity index (χ0) is 18.6. The zero-order valence-corrected chi connectivity index (χ0v) is 15.9. The first-order chi connectivity index (χ1) is 13.2. The van der Waals surface area contributed by atoms with Gasteiger partial charge in [-0.1, -0.05) is 0 Å². The summed E-state index contributed by atoms with van der Waals surface area (Å²) >= 11 is 0. The molecule has 0 bridgehead atoms. The second-order valence-electron chi connectivity index (χ2n) is 7.77. The molecule has 1 unspecified atom stereocenters. The van der Waals surface area contributed by atoms with E-state index in [1.165, 1.54) is 24.4 Å². The van der Waals surface area contributed by atoms with E-state index >= 15 is 0 Å². The smallest absolute Gasteiger partial charge is 0.127 e. The maximum Gasteiger partial charge on any atom is 0.127 e. The van der Waals surface area contributed by atoms with Crippen LogP contribution in [0.3, 0.4) is 0 Å². The minimum absolute atomic E-state index is 0.0425. The predicted octanol–water partition coefficient (Wildman–Crippen LogP) is 3.14. The molecule has 2 fully saturated rings. The van der Waals surface area contributed by atoms with Crippen molar-refractivity contribution < 1.29 is 4.74 Å². The Balaban J connectivity index is 1.49. The monoisotopic (exact) mass is 367 g/mol. The van der Waals surface area contributed by atoms with Gasteiger partial charge < -0.3 is 25.3 Å². The number of pyridine rings is 1. The van der Waals surface area contributed by atoms with Crippen LogP contribution in [0, 0.1) is 11.3 Å². The average Bonchev–Trinajstić information content (AvgIpc) is 3.29. The Morgan fingerprint density at radius 3 is 3.15 bits per heavy atom. The van der Waals surface area contributed by atoms with Crippen LogP contribution in [0.5, 0.6) is 0 Å². The molecule has 2 aliphatic heterocycles. The molecule has 2 aromatic rings. The van der Waals surface area contributed by atoms with Crippen LogP contribution in [-0.2, 0) is 11.3 Å². The molecule has 2 saturated heterocycles. The summed E-state index contributed by atoms with van der Waals surface area (Å²) in [5.74, 6) is 0.673. The average molecular weight is 367 g/mol. The van der Waals surface area contributed by atoms with Gasteiger partial charge in [0.25, 0.3) is 0 Å². The molecule has 4 heterocycles. The molecule has 144 valence electrons. The van der Waals surface area contributed by atoms with Gasteiger partial charge in [-0.2, -0.15) is 0 Å². The molecule has 0 saturated carbocycles. The third kappa shape index (κ3) is 4.22. The largest absolute Gasteiger partial charge is 0.366 e. The van der Waals surface area contributed by atoms with E-state index in [1.807, 2.05) is 12.4 Å². The van der Waals surface area contributed by atoms with Gasteiger partial charge in [0.1, 0.15) is 6.23 Å². The van der Waals surface area contributed by atoms with Crippen molar-refractivity contribution in [3.05, 3.63) is 36.4 Å². The van der Waals surface area contributed by atoms with Crippen LogP contribution in [0.1, 0.15) is 38.3 Å². The Morgan fingerprint density at radius 1 is 1.48 bits per heavy atom. The lowest BCUT2D eigenvalue weighted by molar-refractivity contribution is 0.00348. The van der Waals surface area contributed by atoms with Crippen LogP contribution in [0.4, 0.5) is 0 Å². The molecule has 0 radical (unpaired) electrons. The number of allylic oxidation sites excluding steroid dienone is 1. The minimum Gasteiger partial charge on any atom is -0.366 e. The Kier molecular flexibility index (Phi) is 5.55. The number of aromatic nitrogens is 2. The number of nitrogens with one attached hydrogen (secondary N) is 3. The second kappa shape index (κ2) is 8.23. The van der Waals surface area contributed by atoms with Crippen LogP contribution in [0.25, 0.3) is 16.5 Å². The number of rotatable bonds is 6. The maximum atomic E-state index is 7.77. The lowest BCUT2D eigenvalue weighted by Gasteiger charge is -2.22. The van der Waals surface area contributed by atoms with Gasteiger partial charge in [-0.05, 0) is 57.2 Å². The summed E-state index contributed by atoms with van der Waals surface area (Å²) in [6.07, 6.45) is 11.9. The van der Waals surface area contributed by atoms with Crippen LogP contribution in [0.2, 0.25) is 0 Å². The van der Waals surface area contributed by atoms with Gasteiger partial charge in [0, 0.05) is 48.8 Å². The first kappa shape index (κ1) is 18.2. The third-order valence-electron chi connectivity index (χ3n) is 5.61. The fourth-order valence-electron chi connectivity index (χ4n) is 4.10. The van der Waals surface area contributed by atoms with E-state index in [-0.39, 0.29) is 6.23 Å². The number of fused-ring (bicyclic) bond motifs is 1. The van der Waals surface area contributed by atoms with Crippen molar-refractivity contribution in [1.29, 1.82) is 5.41 Å². The van der Waals surface area contributed by atoms with Crippen molar-refractivity contribution in [3.8, 4) is 0 Å². The third-order valence-corrected chi connectivity index (χ3v) is 5.61. The number of nitrogens with zero attached hydrogens (tertiary/aromatic N) is 2. The first-order valence-corrected chi connectivity index (χ1v) is 10.00. The van der Waals surface area contributed by atoms with Crippen LogP contribution in [0.15, 0.2) is 30.7 Å². The molecule has 3 atom stereocenters. The molecule has 0 spiro atoms. The van der Waals surface area contributed by atoms with E-state index in [0.717, 1.165) is 49.3 Å². The minimum atomic E-state index is 0.0425. The maximum absolute atomic E-state index is 7.77. The summed E-state index contributed by atoms with van der Waals surface area (Å²) in [5.41, 5.74) is 2.74. The van der Waals surface area contributed by atoms with Gasteiger partial charge >= 0.3 is 0 Å². The van der Waals surface area contributed by atoms with Crippen LogP contribution in [-0.4, -0.2) is 41.2 Å². The Labute approximate surface area is 160 Å². The summed E-state index contributed by atoms with van der Waals surface area (Å²) in [7, 11) is 0. The Hall–Kier alpha value is -2.18. The van der Waals surface area contributed by atoms with E-state index in [1.54, 1.807) is 0 Å². The molecular weight excluding hydrogens is 338 g/mol. The van der Waals surface area contributed by atoms with Gasteiger partial charge in [-0.3, -0.25) is 4.98 Å². The normalized spacial score (nSPS) is 26.4. The van der Waals surface area contributed by atoms with E-state index in [9.17, 15) is 0 Å². The molecule has 6 nitrogen and oxygen atoms in total. The van der Waals surface area contributed by atoms with Gasteiger partial charge in [0.15, 0.2) is 0 Å².